The number of Topliss-reactive ketones (excluding diaryl/α,β-unsaturated/α-hetero) is 1. The number of nitrogens with zero attached hydrogens (tertiary/aromatic N) is 1. The van der Waals surface area contributed by atoms with E-state index in [1.165, 1.54) is 16.9 Å². The molecule has 0 aliphatic carbocycles. The van der Waals surface area contributed by atoms with E-state index in [1.54, 1.807) is 24.3 Å². The first-order chi connectivity index (χ1) is 17.4. The molecule has 1 aromatic heterocycles. The number of benzene rings is 3. The third-order valence-corrected chi connectivity index (χ3v) is 6.83. The third kappa shape index (κ3) is 6.46. The smallest absolute Gasteiger partial charge is 0.226 e. The summed E-state index contributed by atoms with van der Waals surface area (Å²) in [5.41, 5.74) is 4.93. The molecule has 0 fully saturated rings. The highest BCUT2D eigenvalue weighted by Crippen LogP contribution is 2.34. The van der Waals surface area contributed by atoms with Crippen LogP contribution in [-0.2, 0) is 11.2 Å². The second-order valence-electron chi connectivity index (χ2n) is 8.77. The summed E-state index contributed by atoms with van der Waals surface area (Å²) < 4.78 is 5.77. The second-order valence-corrected chi connectivity index (χ2v) is 9.85. The Morgan fingerprint density at radius 2 is 1.64 bits per heavy atom. The molecule has 0 spiro atoms. The maximum absolute atomic E-state index is 12.6. The summed E-state index contributed by atoms with van der Waals surface area (Å²) in [7, 11) is 0. The Bertz CT molecular complexity index is 1340. The van der Waals surface area contributed by atoms with Crippen molar-refractivity contribution in [3.8, 4) is 22.8 Å². The average molecular weight is 499 g/mol. The molecule has 1 heterocycles. The molecule has 3 aromatic carbocycles. The molecule has 0 saturated carbocycles. The fraction of sp³-hybridized carbons (Fsp3) is 0.233. The molecule has 184 valence electrons. The lowest BCUT2D eigenvalue weighted by atomic mass is 10.0. The average Bonchev–Trinajstić information content (AvgIpc) is 3.27. The zero-order valence-electron chi connectivity index (χ0n) is 20.8. The fourth-order valence-electron chi connectivity index (χ4n) is 3.89. The van der Waals surface area contributed by atoms with Gasteiger partial charge in [-0.2, -0.15) is 0 Å². The van der Waals surface area contributed by atoms with E-state index in [0.717, 1.165) is 40.3 Å². The van der Waals surface area contributed by atoms with Crippen molar-refractivity contribution >= 4 is 28.2 Å². The van der Waals surface area contributed by atoms with Crippen LogP contribution in [0.3, 0.4) is 0 Å². The molecule has 36 heavy (non-hydrogen) atoms. The molecule has 1 N–H and O–H groups in total. The fourth-order valence-corrected chi connectivity index (χ4v) is 4.98. The summed E-state index contributed by atoms with van der Waals surface area (Å²) in [6, 6.07) is 22.8. The third-order valence-electron chi connectivity index (χ3n) is 5.80. The Balaban J connectivity index is 1.36. The lowest BCUT2D eigenvalue weighted by Gasteiger charge is -2.07. The standard InChI is InChI=1S/C30H30N2O3S/c1-4-8-27-29(25-19-20(2)11-12-21(25)3)32-30(36-27)31-28(34)18-17-26(33)22-13-15-24(16-14-22)35-23-9-6-5-7-10-23/h5-7,9-16,19H,4,8,17-18H2,1-3H3,(H,31,32,34). The van der Waals surface area contributed by atoms with Crippen LogP contribution in [0.2, 0.25) is 0 Å². The summed E-state index contributed by atoms with van der Waals surface area (Å²) in [5.74, 6) is 1.09. The van der Waals surface area contributed by atoms with Crippen LogP contribution in [0.4, 0.5) is 5.13 Å². The number of aryl methyl sites for hydroxylation is 3. The van der Waals surface area contributed by atoms with Crippen LogP contribution in [0.25, 0.3) is 11.3 Å². The van der Waals surface area contributed by atoms with Crippen LogP contribution >= 0.6 is 11.3 Å². The minimum Gasteiger partial charge on any atom is -0.457 e. The predicted molar refractivity (Wildman–Crippen MR) is 146 cm³/mol. The number of amides is 1. The number of hydrogen-bond donors (Lipinski definition) is 1. The van der Waals surface area contributed by atoms with Gasteiger partial charge in [0.05, 0.1) is 5.69 Å². The highest BCUT2D eigenvalue weighted by molar-refractivity contribution is 7.16. The summed E-state index contributed by atoms with van der Waals surface area (Å²) in [4.78, 5) is 31.2. The van der Waals surface area contributed by atoms with E-state index < -0.39 is 0 Å². The number of ketones is 1. The quantitative estimate of drug-likeness (QED) is 0.227. The molecule has 0 aliphatic heterocycles. The van der Waals surface area contributed by atoms with E-state index in [4.69, 9.17) is 9.72 Å². The first-order valence-corrected chi connectivity index (χ1v) is 13.0. The summed E-state index contributed by atoms with van der Waals surface area (Å²) >= 11 is 1.51. The normalized spacial score (nSPS) is 10.8. The number of hydrogen-bond acceptors (Lipinski definition) is 5. The van der Waals surface area contributed by atoms with Crippen molar-refractivity contribution in [3.05, 3.63) is 94.4 Å². The molecule has 4 rings (SSSR count). The molecule has 4 aromatic rings. The number of aromatic nitrogens is 1. The minimum absolute atomic E-state index is 0.0849. The van der Waals surface area contributed by atoms with Crippen molar-refractivity contribution < 1.29 is 14.3 Å². The maximum atomic E-state index is 12.6. The van der Waals surface area contributed by atoms with E-state index in [0.29, 0.717) is 16.4 Å². The molecule has 0 saturated heterocycles. The molecule has 6 heteroatoms. The SMILES string of the molecule is CCCc1sc(NC(=O)CCC(=O)c2ccc(Oc3ccccc3)cc2)nc1-c1cc(C)ccc1C. The number of thiazole rings is 1. The molecule has 0 aliphatic rings. The molecule has 1 amide bonds. The van der Waals surface area contributed by atoms with Gasteiger partial charge in [-0.1, -0.05) is 49.2 Å². The second kappa shape index (κ2) is 11.8. The van der Waals surface area contributed by atoms with Crippen molar-refractivity contribution in [2.24, 2.45) is 0 Å². The van der Waals surface area contributed by atoms with Crippen molar-refractivity contribution in [2.75, 3.05) is 5.32 Å². The van der Waals surface area contributed by atoms with Crippen LogP contribution < -0.4 is 10.1 Å². The van der Waals surface area contributed by atoms with Gasteiger partial charge in [-0.25, -0.2) is 4.98 Å². The van der Waals surface area contributed by atoms with Gasteiger partial charge in [-0.3, -0.25) is 9.59 Å². The molecule has 5 nitrogen and oxygen atoms in total. The van der Waals surface area contributed by atoms with E-state index in [2.05, 4.69) is 44.3 Å². The number of para-hydroxylation sites is 1. The van der Waals surface area contributed by atoms with E-state index in [1.807, 2.05) is 30.3 Å². The van der Waals surface area contributed by atoms with Gasteiger partial charge in [0, 0.05) is 28.8 Å². The number of anilines is 1. The first kappa shape index (κ1) is 25.3. The molecule has 0 atom stereocenters. The van der Waals surface area contributed by atoms with Gasteiger partial charge in [0.1, 0.15) is 11.5 Å². The van der Waals surface area contributed by atoms with Gasteiger partial charge in [0.15, 0.2) is 10.9 Å². The molecule has 0 unspecified atom stereocenters. The van der Waals surface area contributed by atoms with Crippen LogP contribution in [0, 0.1) is 13.8 Å². The monoisotopic (exact) mass is 498 g/mol. The van der Waals surface area contributed by atoms with Crippen molar-refractivity contribution in [2.45, 2.75) is 46.5 Å². The predicted octanol–water partition coefficient (Wildman–Crippen LogP) is 7.77. The highest BCUT2D eigenvalue weighted by atomic mass is 32.1. The van der Waals surface area contributed by atoms with Gasteiger partial charge in [-0.05, 0) is 68.3 Å². The lowest BCUT2D eigenvalue weighted by molar-refractivity contribution is -0.116. The Morgan fingerprint density at radius 1 is 0.917 bits per heavy atom. The maximum Gasteiger partial charge on any atom is 0.226 e. The van der Waals surface area contributed by atoms with Crippen molar-refractivity contribution in [1.29, 1.82) is 0 Å². The number of ether oxygens (including phenoxy) is 1. The number of rotatable bonds is 10. The molecular weight excluding hydrogens is 468 g/mol. The Kier molecular flexibility index (Phi) is 8.28. The highest BCUT2D eigenvalue weighted by Gasteiger charge is 2.17. The molecular formula is C30H30N2O3S. The summed E-state index contributed by atoms with van der Waals surface area (Å²) in [5, 5.41) is 3.48. The number of nitrogens with one attached hydrogen (secondary N) is 1. The van der Waals surface area contributed by atoms with Gasteiger partial charge in [-0.15, -0.1) is 11.3 Å². The van der Waals surface area contributed by atoms with Gasteiger partial charge < -0.3 is 10.1 Å². The van der Waals surface area contributed by atoms with Gasteiger partial charge >= 0.3 is 0 Å². The Morgan fingerprint density at radius 3 is 2.36 bits per heavy atom. The number of carbonyl (C=O) groups excluding carboxylic acids is 2. The molecule has 0 bridgehead atoms. The lowest BCUT2D eigenvalue weighted by Crippen LogP contribution is -2.13. The van der Waals surface area contributed by atoms with Gasteiger partial charge in [0.25, 0.3) is 0 Å². The Labute approximate surface area is 216 Å². The van der Waals surface area contributed by atoms with E-state index >= 15 is 0 Å². The summed E-state index contributed by atoms with van der Waals surface area (Å²) in [6.07, 6.45) is 2.13. The topological polar surface area (TPSA) is 68.3 Å². The van der Waals surface area contributed by atoms with E-state index in [9.17, 15) is 9.59 Å². The van der Waals surface area contributed by atoms with Crippen molar-refractivity contribution in [3.63, 3.8) is 0 Å². The minimum atomic E-state index is -0.211. The van der Waals surface area contributed by atoms with E-state index in [-0.39, 0.29) is 24.5 Å². The molecule has 0 radical (unpaired) electrons. The zero-order chi connectivity index (χ0) is 25.5. The van der Waals surface area contributed by atoms with Crippen LogP contribution in [0.1, 0.15) is 52.5 Å². The zero-order valence-corrected chi connectivity index (χ0v) is 21.7. The number of carbonyl (C=O) groups is 2. The van der Waals surface area contributed by atoms with Crippen LogP contribution in [0.15, 0.2) is 72.8 Å². The van der Waals surface area contributed by atoms with Crippen LogP contribution in [0.5, 0.6) is 11.5 Å². The first-order valence-electron chi connectivity index (χ1n) is 12.2. The van der Waals surface area contributed by atoms with Crippen LogP contribution in [-0.4, -0.2) is 16.7 Å². The largest absolute Gasteiger partial charge is 0.457 e. The van der Waals surface area contributed by atoms with Gasteiger partial charge in [0.2, 0.25) is 5.91 Å². The Hall–Kier alpha value is -3.77. The summed E-state index contributed by atoms with van der Waals surface area (Å²) in [6.45, 7) is 6.28. The van der Waals surface area contributed by atoms with Crippen molar-refractivity contribution in [1.82, 2.24) is 4.98 Å².